The smallest absolute Gasteiger partial charge is 0.337 e. The van der Waals surface area contributed by atoms with Gasteiger partial charge in [-0.2, -0.15) is 0 Å². The Balaban J connectivity index is 2.33. The van der Waals surface area contributed by atoms with Crippen LogP contribution in [0.2, 0.25) is 5.02 Å². The molecule has 0 aliphatic rings. The predicted octanol–water partition coefficient (Wildman–Crippen LogP) is 5.40. The van der Waals surface area contributed by atoms with Gasteiger partial charge in [0.05, 0.1) is 17.6 Å². The van der Waals surface area contributed by atoms with Gasteiger partial charge in [-0.15, -0.1) is 11.8 Å². The zero-order chi connectivity index (χ0) is 17.9. The second-order valence-electron chi connectivity index (χ2n) is 4.89. The van der Waals surface area contributed by atoms with Crippen molar-refractivity contribution in [3.63, 3.8) is 0 Å². The van der Waals surface area contributed by atoms with E-state index in [0.29, 0.717) is 16.9 Å². The highest BCUT2D eigenvalue weighted by Gasteiger charge is 2.19. The minimum absolute atomic E-state index is 0.0939. The number of carbonyl (C=O) groups is 1. The number of hydrogen-bond acceptors (Lipinski definition) is 5. The van der Waals surface area contributed by atoms with Gasteiger partial charge in [-0.3, -0.25) is 10.1 Å². The van der Waals surface area contributed by atoms with Crippen LogP contribution in [0.25, 0.3) is 0 Å². The molecule has 0 aliphatic heterocycles. The zero-order valence-electron chi connectivity index (χ0n) is 12.8. The lowest BCUT2D eigenvalue weighted by Gasteiger charge is -2.10. The highest BCUT2D eigenvalue weighted by atomic mass is 79.9. The quantitative estimate of drug-likeness (QED) is 0.275. The molecule has 2 aromatic carbocycles. The number of methoxy groups -OCH3 is 1. The molecule has 0 radical (unpaired) electrons. The van der Waals surface area contributed by atoms with E-state index in [2.05, 4.69) is 15.9 Å². The molecule has 2 rings (SSSR count). The van der Waals surface area contributed by atoms with Crippen LogP contribution in [0.4, 0.5) is 5.69 Å². The molecule has 0 bridgehead atoms. The minimum Gasteiger partial charge on any atom is -0.465 e. The highest BCUT2D eigenvalue weighted by molar-refractivity contribution is 9.10. The van der Waals surface area contributed by atoms with Crippen LogP contribution in [0.5, 0.6) is 0 Å². The molecule has 126 valence electrons. The van der Waals surface area contributed by atoms with Crippen molar-refractivity contribution in [3.05, 3.63) is 66.6 Å². The number of halogens is 2. The molecule has 2 aromatic rings. The first-order valence-corrected chi connectivity index (χ1v) is 8.93. The number of ether oxygens (including phenoxy) is 1. The van der Waals surface area contributed by atoms with Crippen LogP contribution in [0.1, 0.15) is 21.5 Å². The Bertz CT molecular complexity index is 813. The normalized spacial score (nSPS) is 10.5. The molecule has 0 spiro atoms. The molecule has 24 heavy (non-hydrogen) atoms. The summed E-state index contributed by atoms with van der Waals surface area (Å²) in [7, 11) is 1.32. The fourth-order valence-electron chi connectivity index (χ4n) is 2.11. The maximum absolute atomic E-state index is 11.7. The summed E-state index contributed by atoms with van der Waals surface area (Å²) in [5.41, 5.74) is 1.73. The monoisotopic (exact) mass is 429 g/mol. The standard InChI is InChI=1S/C16H13BrClNO4S/c1-9-6-11(16(20)23-2)7-13(14(9)17)24-8-10-4-3-5-12(18)15(10)19(21)22/h3-7H,8H2,1-2H3. The van der Waals surface area contributed by atoms with Gasteiger partial charge in [0.15, 0.2) is 0 Å². The third kappa shape index (κ3) is 4.09. The molecule has 0 aliphatic carbocycles. The molecule has 0 fully saturated rings. The number of hydrogen-bond donors (Lipinski definition) is 0. The minimum atomic E-state index is -0.483. The van der Waals surface area contributed by atoms with Crippen molar-refractivity contribution in [3.8, 4) is 0 Å². The summed E-state index contributed by atoms with van der Waals surface area (Å²) in [5, 5.41) is 11.3. The van der Waals surface area contributed by atoms with Crippen LogP contribution in [0, 0.1) is 17.0 Å². The van der Waals surface area contributed by atoms with Crippen molar-refractivity contribution in [2.45, 2.75) is 17.6 Å². The highest BCUT2D eigenvalue weighted by Crippen LogP contribution is 2.37. The Kier molecular flexibility index (Phi) is 6.26. The number of nitro benzene ring substituents is 1. The lowest BCUT2D eigenvalue weighted by atomic mass is 10.1. The summed E-state index contributed by atoms with van der Waals surface area (Å²) in [5.74, 6) is -0.0827. The maximum atomic E-state index is 11.7. The topological polar surface area (TPSA) is 69.4 Å². The van der Waals surface area contributed by atoms with Gasteiger partial charge in [0.1, 0.15) is 5.02 Å². The van der Waals surface area contributed by atoms with Crippen LogP contribution in [0.15, 0.2) is 39.7 Å². The van der Waals surface area contributed by atoms with E-state index in [1.165, 1.54) is 24.9 Å². The number of para-hydroxylation sites is 1. The molecule has 5 nitrogen and oxygen atoms in total. The zero-order valence-corrected chi connectivity index (χ0v) is 16.0. The van der Waals surface area contributed by atoms with Crippen molar-refractivity contribution in [2.24, 2.45) is 0 Å². The van der Waals surface area contributed by atoms with E-state index < -0.39 is 10.9 Å². The van der Waals surface area contributed by atoms with E-state index in [9.17, 15) is 14.9 Å². The fourth-order valence-corrected chi connectivity index (χ4v) is 3.99. The van der Waals surface area contributed by atoms with Crippen molar-refractivity contribution in [1.29, 1.82) is 0 Å². The summed E-state index contributed by atoms with van der Waals surface area (Å²) in [6.07, 6.45) is 0. The van der Waals surface area contributed by atoms with E-state index >= 15 is 0 Å². The van der Waals surface area contributed by atoms with Gasteiger partial charge >= 0.3 is 5.97 Å². The van der Waals surface area contributed by atoms with Crippen LogP contribution in [0.3, 0.4) is 0 Å². The molecule has 0 amide bonds. The number of thioether (sulfide) groups is 1. The summed E-state index contributed by atoms with van der Waals surface area (Å²) in [4.78, 5) is 23.2. The second-order valence-corrected chi connectivity index (χ2v) is 7.11. The lowest BCUT2D eigenvalue weighted by molar-refractivity contribution is -0.385. The summed E-state index contributed by atoms with van der Waals surface area (Å²) >= 11 is 10.8. The molecular formula is C16H13BrClNO4S. The van der Waals surface area contributed by atoms with E-state index in [0.717, 1.165) is 14.9 Å². The fraction of sp³-hybridized carbons (Fsp3) is 0.188. The Hall–Kier alpha value is -1.57. The van der Waals surface area contributed by atoms with Crippen molar-refractivity contribution in [1.82, 2.24) is 0 Å². The van der Waals surface area contributed by atoms with Gasteiger partial charge in [-0.25, -0.2) is 4.79 Å². The average Bonchev–Trinajstić information content (AvgIpc) is 2.54. The number of nitrogens with zero attached hydrogens (tertiary/aromatic N) is 1. The van der Waals surface area contributed by atoms with Crippen molar-refractivity contribution >= 4 is 50.9 Å². The van der Waals surface area contributed by atoms with Gasteiger partial charge in [0.25, 0.3) is 5.69 Å². The Morgan fingerprint density at radius 1 is 1.42 bits per heavy atom. The number of rotatable bonds is 5. The molecule has 0 unspecified atom stereocenters. The molecule has 8 heteroatoms. The maximum Gasteiger partial charge on any atom is 0.337 e. The van der Waals surface area contributed by atoms with E-state index in [4.69, 9.17) is 16.3 Å². The SMILES string of the molecule is COC(=O)c1cc(C)c(Br)c(SCc2cccc(Cl)c2[N+](=O)[O-])c1. The second kappa shape index (κ2) is 8.00. The number of nitro groups is 1. The molecule has 0 saturated heterocycles. The lowest BCUT2D eigenvalue weighted by Crippen LogP contribution is -2.02. The first kappa shape index (κ1) is 18.8. The molecule has 0 saturated carbocycles. The van der Waals surface area contributed by atoms with Crippen LogP contribution in [-0.2, 0) is 10.5 Å². The van der Waals surface area contributed by atoms with Gasteiger partial charge in [-0.1, -0.05) is 23.7 Å². The number of esters is 1. The first-order valence-electron chi connectivity index (χ1n) is 6.78. The van der Waals surface area contributed by atoms with E-state index in [1.807, 2.05) is 6.92 Å². The Morgan fingerprint density at radius 2 is 2.12 bits per heavy atom. The van der Waals surface area contributed by atoms with E-state index in [1.54, 1.807) is 24.3 Å². The summed E-state index contributed by atoms with van der Waals surface area (Å²) < 4.78 is 5.58. The first-order chi connectivity index (χ1) is 11.3. The summed E-state index contributed by atoms with van der Waals surface area (Å²) in [6.45, 7) is 1.86. The number of carbonyl (C=O) groups excluding carboxylic acids is 1. The van der Waals surface area contributed by atoms with Gasteiger partial charge in [-0.05, 0) is 46.6 Å². The number of aryl methyl sites for hydroxylation is 1. The van der Waals surface area contributed by atoms with Gasteiger partial charge in [0, 0.05) is 20.7 Å². The van der Waals surface area contributed by atoms with E-state index in [-0.39, 0.29) is 10.7 Å². The third-order valence-electron chi connectivity index (χ3n) is 3.28. The number of benzene rings is 2. The summed E-state index contributed by atoms with van der Waals surface area (Å²) in [6, 6.07) is 8.26. The molecular weight excluding hydrogens is 418 g/mol. The Labute approximate surface area is 156 Å². The molecule has 0 N–H and O–H groups in total. The third-order valence-corrected chi connectivity index (χ3v) is 5.99. The molecule has 0 heterocycles. The average molecular weight is 431 g/mol. The Morgan fingerprint density at radius 3 is 2.75 bits per heavy atom. The van der Waals surface area contributed by atoms with Crippen molar-refractivity contribution in [2.75, 3.05) is 7.11 Å². The molecule has 0 aromatic heterocycles. The van der Waals surface area contributed by atoms with Gasteiger partial charge in [0.2, 0.25) is 0 Å². The molecule has 0 atom stereocenters. The van der Waals surface area contributed by atoms with Crippen LogP contribution < -0.4 is 0 Å². The van der Waals surface area contributed by atoms with Gasteiger partial charge < -0.3 is 4.74 Å². The predicted molar refractivity (Wildman–Crippen MR) is 97.9 cm³/mol. The van der Waals surface area contributed by atoms with Crippen LogP contribution >= 0.6 is 39.3 Å². The van der Waals surface area contributed by atoms with Crippen LogP contribution in [-0.4, -0.2) is 18.0 Å². The largest absolute Gasteiger partial charge is 0.465 e. The van der Waals surface area contributed by atoms with Crippen molar-refractivity contribution < 1.29 is 14.5 Å².